The van der Waals surface area contributed by atoms with Crippen LogP contribution in [0.25, 0.3) is 11.1 Å². The first-order chi connectivity index (χ1) is 21.8. The average Bonchev–Trinajstić information content (AvgIpc) is 3.01. The summed E-state index contributed by atoms with van der Waals surface area (Å²) in [4.78, 5) is 16.8. The minimum absolute atomic E-state index is 0.0706. The van der Waals surface area contributed by atoms with Gasteiger partial charge in [-0.05, 0) is 120 Å². The molecule has 0 bridgehead atoms. The number of hydrogen-bond donors (Lipinski definition) is 1. The van der Waals surface area contributed by atoms with Crippen molar-refractivity contribution in [2.75, 3.05) is 12.9 Å². The van der Waals surface area contributed by atoms with Crippen molar-refractivity contribution >= 4 is 57.1 Å². The van der Waals surface area contributed by atoms with Crippen LogP contribution in [0.4, 0.5) is 17.6 Å². The number of aliphatic carboxylic acids is 1. The lowest BCUT2D eigenvalue weighted by Crippen LogP contribution is -2.16. The summed E-state index contributed by atoms with van der Waals surface area (Å²) in [7, 11) is 0. The third-order valence-electron chi connectivity index (χ3n) is 7.06. The van der Waals surface area contributed by atoms with Crippen molar-refractivity contribution in [2.24, 2.45) is 4.99 Å². The SMILES string of the molecule is CSC(=NC(C)CC(Cc1ccc(-c2ccc(I)c(F)c2)cc1)Sc1ccc(OCC(=O)O)c(C)c1)c1ccc(C(F)(F)F)cc1. The molecule has 242 valence electrons. The zero-order valence-corrected chi connectivity index (χ0v) is 29.1. The zero-order valence-electron chi connectivity index (χ0n) is 25.3. The lowest BCUT2D eigenvalue weighted by Gasteiger charge is -2.21. The minimum atomic E-state index is -4.40. The highest BCUT2D eigenvalue weighted by Gasteiger charge is 2.30. The van der Waals surface area contributed by atoms with Crippen molar-refractivity contribution in [2.45, 2.75) is 49.1 Å². The number of aryl methyl sites for hydroxylation is 1. The van der Waals surface area contributed by atoms with Gasteiger partial charge in [-0.15, -0.1) is 23.5 Å². The molecule has 0 heterocycles. The molecular formula is C35H32F4INO3S2. The summed E-state index contributed by atoms with van der Waals surface area (Å²) in [6.07, 6.45) is -1.17. The highest BCUT2D eigenvalue weighted by molar-refractivity contribution is 14.1. The number of benzene rings is 4. The number of carboxylic acids is 1. The number of hydrogen-bond acceptors (Lipinski definition) is 5. The van der Waals surface area contributed by atoms with Crippen LogP contribution in [0.3, 0.4) is 0 Å². The van der Waals surface area contributed by atoms with E-state index in [-0.39, 0.29) is 17.1 Å². The molecule has 2 atom stereocenters. The van der Waals surface area contributed by atoms with E-state index in [0.29, 0.717) is 32.8 Å². The van der Waals surface area contributed by atoms with Gasteiger partial charge in [0.2, 0.25) is 0 Å². The quantitative estimate of drug-likeness (QED) is 0.0510. The van der Waals surface area contributed by atoms with Crippen LogP contribution < -0.4 is 4.74 Å². The van der Waals surface area contributed by atoms with E-state index in [1.54, 1.807) is 23.9 Å². The molecule has 0 spiro atoms. The molecular weight excluding hydrogens is 749 g/mol. The van der Waals surface area contributed by atoms with E-state index in [1.807, 2.05) is 85.2 Å². The standard InChI is InChI=1S/C35H32F4INO3S2/c1-21-16-28(13-15-32(21)44-20-33(42)43)46-29(18-23-4-6-24(7-5-23)26-10-14-31(40)30(36)19-26)17-22(2)41-34(45-3)25-8-11-27(12-9-25)35(37,38)39/h4-16,19,22,29H,17-18,20H2,1-3H3,(H,42,43). The summed E-state index contributed by atoms with van der Waals surface area (Å²) in [6, 6.07) is 23.8. The van der Waals surface area contributed by atoms with Crippen LogP contribution in [-0.2, 0) is 17.4 Å². The first kappa shape index (κ1) is 35.8. The summed E-state index contributed by atoms with van der Waals surface area (Å²) in [5, 5.41) is 9.69. The van der Waals surface area contributed by atoms with Gasteiger partial charge in [0.25, 0.3) is 0 Å². The lowest BCUT2D eigenvalue weighted by atomic mass is 10.0. The molecule has 0 radical (unpaired) electrons. The molecule has 0 saturated carbocycles. The normalized spacial score (nSPS) is 13.3. The van der Waals surface area contributed by atoms with E-state index in [2.05, 4.69) is 0 Å². The van der Waals surface area contributed by atoms with Crippen molar-refractivity contribution in [3.05, 3.63) is 117 Å². The maximum Gasteiger partial charge on any atom is 0.416 e. The second kappa shape index (κ2) is 16.2. The number of rotatable bonds is 12. The number of thioether (sulfide) groups is 2. The fourth-order valence-electron chi connectivity index (χ4n) is 4.81. The molecule has 0 aliphatic heterocycles. The second-order valence-electron chi connectivity index (χ2n) is 10.7. The van der Waals surface area contributed by atoms with Crippen LogP contribution in [0.1, 0.15) is 35.6 Å². The summed E-state index contributed by atoms with van der Waals surface area (Å²) in [5.41, 5.74) is 3.55. The Morgan fingerprint density at radius 1 is 0.978 bits per heavy atom. The molecule has 0 aliphatic rings. The number of carboxylic acid groups (broad SMARTS) is 1. The van der Waals surface area contributed by atoms with Gasteiger partial charge in [0.1, 0.15) is 11.6 Å². The number of ether oxygens (including phenoxy) is 1. The van der Waals surface area contributed by atoms with Crippen LogP contribution in [0, 0.1) is 16.3 Å². The predicted molar refractivity (Wildman–Crippen MR) is 188 cm³/mol. The number of aliphatic imine (C=N–C) groups is 1. The van der Waals surface area contributed by atoms with Gasteiger partial charge in [0.15, 0.2) is 6.61 Å². The van der Waals surface area contributed by atoms with Gasteiger partial charge in [0.05, 0.1) is 10.6 Å². The van der Waals surface area contributed by atoms with Crippen LogP contribution in [-0.4, -0.2) is 40.3 Å². The maximum atomic E-state index is 14.2. The topological polar surface area (TPSA) is 58.9 Å². The van der Waals surface area contributed by atoms with E-state index in [1.165, 1.54) is 30.0 Å². The Morgan fingerprint density at radius 3 is 2.24 bits per heavy atom. The Kier molecular flexibility index (Phi) is 12.6. The first-order valence-electron chi connectivity index (χ1n) is 14.3. The van der Waals surface area contributed by atoms with Crippen molar-refractivity contribution in [3.8, 4) is 16.9 Å². The molecule has 1 N–H and O–H groups in total. The van der Waals surface area contributed by atoms with Gasteiger partial charge in [-0.25, -0.2) is 9.18 Å². The average molecular weight is 782 g/mol. The molecule has 0 fully saturated rings. The fraction of sp³-hybridized carbons (Fsp3) is 0.257. The summed E-state index contributed by atoms with van der Waals surface area (Å²) in [5.74, 6) is -0.805. The molecule has 0 aliphatic carbocycles. The van der Waals surface area contributed by atoms with E-state index < -0.39 is 24.3 Å². The van der Waals surface area contributed by atoms with Gasteiger partial charge < -0.3 is 9.84 Å². The van der Waals surface area contributed by atoms with Gasteiger partial charge in [-0.1, -0.05) is 42.5 Å². The third-order valence-corrected chi connectivity index (χ3v) is 9.89. The number of alkyl halides is 3. The van der Waals surface area contributed by atoms with Crippen LogP contribution in [0.2, 0.25) is 0 Å². The fourth-order valence-corrected chi connectivity index (χ4v) is 7.23. The summed E-state index contributed by atoms with van der Waals surface area (Å²) >= 11 is 5.03. The highest BCUT2D eigenvalue weighted by atomic mass is 127. The number of halogens is 5. The molecule has 4 rings (SSSR count). The van der Waals surface area contributed by atoms with Crippen molar-refractivity contribution in [1.29, 1.82) is 0 Å². The zero-order chi connectivity index (χ0) is 33.4. The summed E-state index contributed by atoms with van der Waals surface area (Å²) in [6.45, 7) is 3.44. The number of carbonyl (C=O) groups is 1. The van der Waals surface area contributed by atoms with Crippen LogP contribution in [0.15, 0.2) is 94.8 Å². The molecule has 46 heavy (non-hydrogen) atoms. The molecule has 2 unspecified atom stereocenters. The van der Waals surface area contributed by atoms with E-state index >= 15 is 0 Å². The van der Waals surface area contributed by atoms with Crippen LogP contribution in [0.5, 0.6) is 5.75 Å². The highest BCUT2D eigenvalue weighted by Crippen LogP contribution is 2.34. The Morgan fingerprint density at radius 2 is 1.65 bits per heavy atom. The first-order valence-corrected chi connectivity index (χ1v) is 17.5. The second-order valence-corrected chi connectivity index (χ2v) is 14.0. The van der Waals surface area contributed by atoms with Gasteiger partial charge in [-0.3, -0.25) is 4.99 Å². The molecule has 0 saturated heterocycles. The summed E-state index contributed by atoms with van der Waals surface area (Å²) < 4.78 is 59.4. The number of nitrogens with zero attached hydrogens (tertiary/aromatic N) is 1. The Balaban J connectivity index is 1.56. The van der Waals surface area contributed by atoms with E-state index in [9.17, 15) is 22.4 Å². The van der Waals surface area contributed by atoms with Gasteiger partial charge >= 0.3 is 12.1 Å². The van der Waals surface area contributed by atoms with Crippen molar-refractivity contribution < 1.29 is 32.2 Å². The largest absolute Gasteiger partial charge is 0.482 e. The van der Waals surface area contributed by atoms with E-state index in [4.69, 9.17) is 14.8 Å². The van der Waals surface area contributed by atoms with Gasteiger partial charge in [0, 0.05) is 25.3 Å². The molecule has 4 aromatic rings. The molecule has 0 amide bonds. The molecule has 11 heteroatoms. The Bertz CT molecular complexity index is 1680. The molecule has 4 aromatic carbocycles. The van der Waals surface area contributed by atoms with Crippen molar-refractivity contribution in [1.82, 2.24) is 0 Å². The predicted octanol–water partition coefficient (Wildman–Crippen LogP) is 10.2. The minimum Gasteiger partial charge on any atom is -0.482 e. The van der Waals surface area contributed by atoms with E-state index in [0.717, 1.165) is 39.3 Å². The molecule has 0 aromatic heterocycles. The van der Waals surface area contributed by atoms with Crippen molar-refractivity contribution in [3.63, 3.8) is 0 Å². The lowest BCUT2D eigenvalue weighted by molar-refractivity contribution is -0.139. The Labute approximate surface area is 288 Å². The molecule has 4 nitrogen and oxygen atoms in total. The third kappa shape index (κ3) is 10.2. The smallest absolute Gasteiger partial charge is 0.416 e. The van der Waals surface area contributed by atoms with Gasteiger partial charge in [-0.2, -0.15) is 13.2 Å². The van der Waals surface area contributed by atoms with Crippen LogP contribution >= 0.6 is 46.1 Å². The Hall–Kier alpha value is -3.03. The maximum absolute atomic E-state index is 14.2. The monoisotopic (exact) mass is 781 g/mol.